The van der Waals surface area contributed by atoms with Gasteiger partial charge in [0.15, 0.2) is 0 Å². The van der Waals surface area contributed by atoms with Gasteiger partial charge in [0.1, 0.15) is 11.6 Å². The lowest BCUT2D eigenvalue weighted by Crippen LogP contribution is -2.34. The van der Waals surface area contributed by atoms with Gasteiger partial charge in [-0.1, -0.05) is 39.8 Å². The van der Waals surface area contributed by atoms with Gasteiger partial charge in [-0.25, -0.2) is 17.8 Å². The summed E-state index contributed by atoms with van der Waals surface area (Å²) in [4.78, 5) is 20.6. The van der Waals surface area contributed by atoms with Crippen molar-refractivity contribution in [3.63, 3.8) is 0 Å². The number of hydrogen-bond acceptors (Lipinski definition) is 4. The van der Waals surface area contributed by atoms with E-state index in [1.807, 2.05) is 38.1 Å². The van der Waals surface area contributed by atoms with E-state index >= 15 is 0 Å². The van der Waals surface area contributed by atoms with Crippen molar-refractivity contribution in [2.75, 3.05) is 13.1 Å². The third kappa shape index (κ3) is 4.62. The Bertz CT molecular complexity index is 1150. The van der Waals surface area contributed by atoms with E-state index in [2.05, 4.69) is 15.3 Å². The lowest BCUT2D eigenvalue weighted by Gasteiger charge is -2.21. The molecule has 2 aromatic carbocycles. The summed E-state index contributed by atoms with van der Waals surface area (Å²) in [5, 5.41) is 2.81. The molecule has 1 amide bonds. The molecule has 1 heterocycles. The number of fused-ring (bicyclic) bond motifs is 1. The van der Waals surface area contributed by atoms with E-state index < -0.39 is 27.8 Å². The molecule has 0 bridgehead atoms. The van der Waals surface area contributed by atoms with Crippen molar-refractivity contribution in [2.24, 2.45) is 5.92 Å². The minimum Gasteiger partial charge on any atom is -0.342 e. The van der Waals surface area contributed by atoms with E-state index in [0.717, 1.165) is 23.2 Å². The second-order valence-corrected chi connectivity index (χ2v) is 9.50. The van der Waals surface area contributed by atoms with Gasteiger partial charge >= 0.3 is 0 Å². The standard InChI is InChI=1S/C22H27FN4O3S/c1-5-27(6-2)31(29,30)15-11-12-17(23)16(13-15)22(28)26-20(14(3)4)21-24-18-9-7-8-10-19(18)25-21/h7-14,20H,5-6H2,1-4H3,(H,24,25)(H,26,28). The number of halogens is 1. The van der Waals surface area contributed by atoms with E-state index in [-0.39, 0.29) is 29.5 Å². The van der Waals surface area contributed by atoms with Crippen molar-refractivity contribution in [1.29, 1.82) is 0 Å². The summed E-state index contributed by atoms with van der Waals surface area (Å²) in [5.74, 6) is -0.983. The van der Waals surface area contributed by atoms with Crippen LogP contribution in [0.3, 0.4) is 0 Å². The first kappa shape index (κ1) is 22.9. The average Bonchev–Trinajstić information content (AvgIpc) is 3.16. The molecule has 2 N–H and O–H groups in total. The summed E-state index contributed by atoms with van der Waals surface area (Å²) >= 11 is 0. The van der Waals surface area contributed by atoms with Crippen LogP contribution in [0.5, 0.6) is 0 Å². The Hall–Kier alpha value is -2.78. The monoisotopic (exact) mass is 446 g/mol. The molecule has 1 atom stereocenters. The number of para-hydroxylation sites is 2. The quantitative estimate of drug-likeness (QED) is 0.549. The smallest absolute Gasteiger partial charge is 0.254 e. The number of nitrogens with zero attached hydrogens (tertiary/aromatic N) is 2. The highest BCUT2D eigenvalue weighted by atomic mass is 32.2. The minimum absolute atomic E-state index is 0.0461. The van der Waals surface area contributed by atoms with Crippen LogP contribution in [-0.4, -0.2) is 41.7 Å². The number of nitrogens with one attached hydrogen (secondary N) is 2. The predicted octanol–water partition coefficient (Wildman–Crippen LogP) is 3.86. The number of benzene rings is 2. The maximum atomic E-state index is 14.5. The van der Waals surface area contributed by atoms with Crippen LogP contribution in [0.25, 0.3) is 11.0 Å². The zero-order valence-corrected chi connectivity index (χ0v) is 18.8. The first-order chi connectivity index (χ1) is 14.7. The van der Waals surface area contributed by atoms with Crippen LogP contribution in [0.15, 0.2) is 47.4 Å². The first-order valence-electron chi connectivity index (χ1n) is 10.2. The molecule has 1 unspecified atom stereocenters. The molecule has 0 aliphatic heterocycles. The van der Waals surface area contributed by atoms with E-state index in [0.29, 0.717) is 5.82 Å². The molecule has 0 fully saturated rings. The molecule has 7 nitrogen and oxygen atoms in total. The number of sulfonamides is 1. The number of rotatable bonds is 8. The fraction of sp³-hybridized carbons (Fsp3) is 0.364. The average molecular weight is 447 g/mol. The Morgan fingerprint density at radius 3 is 2.45 bits per heavy atom. The number of carbonyl (C=O) groups excluding carboxylic acids is 1. The van der Waals surface area contributed by atoms with Crippen LogP contribution < -0.4 is 5.32 Å². The third-order valence-corrected chi connectivity index (χ3v) is 7.23. The van der Waals surface area contributed by atoms with Crippen molar-refractivity contribution in [2.45, 2.75) is 38.6 Å². The Morgan fingerprint density at radius 1 is 1.16 bits per heavy atom. The van der Waals surface area contributed by atoms with E-state index in [9.17, 15) is 17.6 Å². The number of H-pyrrole nitrogens is 1. The highest BCUT2D eigenvalue weighted by molar-refractivity contribution is 7.89. The molecule has 166 valence electrons. The Balaban J connectivity index is 1.94. The predicted molar refractivity (Wildman–Crippen MR) is 118 cm³/mol. The van der Waals surface area contributed by atoms with Gasteiger partial charge in [-0.15, -0.1) is 0 Å². The van der Waals surface area contributed by atoms with Crippen LogP contribution >= 0.6 is 0 Å². The normalized spacial score (nSPS) is 13.1. The number of amides is 1. The summed E-state index contributed by atoms with van der Waals surface area (Å²) in [6.45, 7) is 7.82. The SMILES string of the molecule is CCN(CC)S(=O)(=O)c1ccc(F)c(C(=O)NC(c2nc3ccccc3[nH]2)C(C)C)c1. The molecule has 0 aliphatic rings. The number of hydrogen-bond donors (Lipinski definition) is 2. The van der Waals surface area contributed by atoms with Gasteiger partial charge in [0, 0.05) is 13.1 Å². The molecule has 31 heavy (non-hydrogen) atoms. The van der Waals surface area contributed by atoms with E-state index in [4.69, 9.17) is 0 Å². The number of carbonyl (C=O) groups is 1. The van der Waals surface area contributed by atoms with Crippen molar-refractivity contribution in [1.82, 2.24) is 19.6 Å². The maximum Gasteiger partial charge on any atom is 0.254 e. The van der Waals surface area contributed by atoms with E-state index in [1.54, 1.807) is 13.8 Å². The summed E-state index contributed by atoms with van der Waals surface area (Å²) in [5.41, 5.74) is 1.27. The first-order valence-corrected chi connectivity index (χ1v) is 11.7. The van der Waals surface area contributed by atoms with Gasteiger partial charge in [-0.2, -0.15) is 4.31 Å². The maximum absolute atomic E-state index is 14.5. The highest BCUT2D eigenvalue weighted by Gasteiger charge is 2.27. The third-order valence-electron chi connectivity index (χ3n) is 5.18. The van der Waals surface area contributed by atoms with Gasteiger partial charge in [-0.3, -0.25) is 4.79 Å². The Labute approximate surface area is 181 Å². The van der Waals surface area contributed by atoms with Crippen LogP contribution in [0.2, 0.25) is 0 Å². The van der Waals surface area contributed by atoms with Crippen molar-refractivity contribution in [3.05, 3.63) is 59.7 Å². The van der Waals surface area contributed by atoms with E-state index in [1.165, 1.54) is 10.4 Å². The highest BCUT2D eigenvalue weighted by Crippen LogP contribution is 2.24. The van der Waals surface area contributed by atoms with Gasteiger partial charge in [0.25, 0.3) is 5.91 Å². The molecule has 9 heteroatoms. The second-order valence-electron chi connectivity index (χ2n) is 7.57. The zero-order valence-electron chi connectivity index (χ0n) is 18.0. The molecule has 0 spiro atoms. The van der Waals surface area contributed by atoms with Crippen molar-refractivity contribution >= 4 is 27.0 Å². The van der Waals surface area contributed by atoms with Crippen LogP contribution in [0.4, 0.5) is 4.39 Å². The van der Waals surface area contributed by atoms with Gasteiger partial charge in [-0.05, 0) is 36.2 Å². The summed E-state index contributed by atoms with van der Waals surface area (Å²) in [6, 6.07) is 10.3. The second kappa shape index (κ2) is 9.15. The molecular formula is C22H27FN4O3S. The van der Waals surface area contributed by atoms with Crippen LogP contribution in [0, 0.1) is 11.7 Å². The Morgan fingerprint density at radius 2 is 1.84 bits per heavy atom. The fourth-order valence-electron chi connectivity index (χ4n) is 3.44. The van der Waals surface area contributed by atoms with Crippen LogP contribution in [-0.2, 0) is 10.0 Å². The molecule has 0 radical (unpaired) electrons. The largest absolute Gasteiger partial charge is 0.342 e. The Kier molecular flexibility index (Phi) is 6.76. The van der Waals surface area contributed by atoms with Crippen molar-refractivity contribution < 1.29 is 17.6 Å². The molecule has 0 aliphatic carbocycles. The zero-order chi connectivity index (χ0) is 22.8. The number of imidazole rings is 1. The minimum atomic E-state index is -3.82. The molecule has 0 saturated heterocycles. The van der Waals surface area contributed by atoms with Gasteiger partial charge < -0.3 is 10.3 Å². The molecule has 1 aromatic heterocycles. The van der Waals surface area contributed by atoms with Gasteiger partial charge in [0.2, 0.25) is 10.0 Å². The fourth-order valence-corrected chi connectivity index (χ4v) is 4.93. The topological polar surface area (TPSA) is 95.2 Å². The molecule has 3 rings (SSSR count). The summed E-state index contributed by atoms with van der Waals surface area (Å²) < 4.78 is 41.3. The lowest BCUT2D eigenvalue weighted by molar-refractivity contribution is 0.0919. The number of aromatic amines is 1. The van der Waals surface area contributed by atoms with Crippen LogP contribution in [0.1, 0.15) is 49.9 Å². The molecule has 0 saturated carbocycles. The molecule has 3 aromatic rings. The number of aromatic nitrogens is 2. The molecular weight excluding hydrogens is 419 g/mol. The summed E-state index contributed by atoms with van der Waals surface area (Å²) in [6.07, 6.45) is 0. The van der Waals surface area contributed by atoms with Crippen molar-refractivity contribution in [3.8, 4) is 0 Å². The van der Waals surface area contributed by atoms with Gasteiger partial charge in [0.05, 0.1) is 27.5 Å². The summed E-state index contributed by atoms with van der Waals surface area (Å²) in [7, 11) is -3.82. The lowest BCUT2D eigenvalue weighted by atomic mass is 10.0.